The zero-order valence-corrected chi connectivity index (χ0v) is 15.7. The highest BCUT2D eigenvalue weighted by Crippen LogP contribution is 2.18. The molecular weight excluding hydrogens is 401 g/mol. The largest absolute Gasteiger partial charge is 0.354 e. The van der Waals surface area contributed by atoms with Crippen LogP contribution in [-0.2, 0) is 19.5 Å². The van der Waals surface area contributed by atoms with E-state index in [4.69, 9.17) is 0 Å². The zero-order valence-electron chi connectivity index (χ0n) is 13.4. The Labute approximate surface area is 154 Å². The van der Waals surface area contributed by atoms with Crippen LogP contribution in [0.5, 0.6) is 0 Å². The Morgan fingerprint density at radius 3 is 2.78 bits per heavy atom. The summed E-state index contributed by atoms with van der Waals surface area (Å²) in [4.78, 5) is 8.70. The molecule has 1 aliphatic carbocycles. The van der Waals surface area contributed by atoms with Crippen LogP contribution in [-0.4, -0.2) is 28.6 Å². The van der Waals surface area contributed by atoms with Crippen LogP contribution in [0.4, 0.5) is 0 Å². The minimum absolute atomic E-state index is 0. The van der Waals surface area contributed by atoms with Gasteiger partial charge in [-0.05, 0) is 24.8 Å². The number of hydrogen-bond donors (Lipinski definition) is 2. The summed E-state index contributed by atoms with van der Waals surface area (Å²) in [6.07, 6.45) is 7.40. The molecule has 23 heavy (non-hydrogen) atoms. The first kappa shape index (κ1) is 17.8. The van der Waals surface area contributed by atoms with Crippen molar-refractivity contribution in [2.45, 2.75) is 38.4 Å². The first-order chi connectivity index (χ1) is 10.8. The summed E-state index contributed by atoms with van der Waals surface area (Å²) < 4.78 is 2.20. The SMILES string of the molecule is CN=C(NCc1nccn1CCc1ccccc1)NC1CC1.I. The fraction of sp³-hybridized carbons (Fsp3) is 0.412. The average Bonchev–Trinajstić information content (AvgIpc) is 3.27. The van der Waals surface area contributed by atoms with Crippen LogP contribution in [0, 0.1) is 0 Å². The van der Waals surface area contributed by atoms with E-state index in [1.165, 1.54) is 18.4 Å². The number of imidazole rings is 1. The zero-order chi connectivity index (χ0) is 15.2. The summed E-state index contributed by atoms with van der Waals surface area (Å²) in [5.74, 6) is 1.90. The molecule has 2 aromatic rings. The van der Waals surface area contributed by atoms with E-state index in [2.05, 4.69) is 55.5 Å². The lowest BCUT2D eigenvalue weighted by Gasteiger charge is -2.12. The van der Waals surface area contributed by atoms with Crippen molar-refractivity contribution in [2.24, 2.45) is 4.99 Å². The number of aryl methyl sites for hydroxylation is 2. The van der Waals surface area contributed by atoms with Crippen molar-refractivity contribution in [1.82, 2.24) is 20.2 Å². The Hall–Kier alpha value is -1.57. The number of hydrogen-bond acceptors (Lipinski definition) is 2. The molecular formula is C17H24IN5. The quantitative estimate of drug-likeness (QED) is 0.425. The number of aromatic nitrogens is 2. The third-order valence-electron chi connectivity index (χ3n) is 3.84. The third kappa shape index (κ3) is 5.53. The van der Waals surface area contributed by atoms with Gasteiger partial charge in [0.1, 0.15) is 5.82 Å². The summed E-state index contributed by atoms with van der Waals surface area (Å²) >= 11 is 0. The molecule has 0 saturated heterocycles. The molecule has 0 unspecified atom stereocenters. The highest BCUT2D eigenvalue weighted by atomic mass is 127. The molecule has 2 N–H and O–H groups in total. The van der Waals surface area contributed by atoms with E-state index in [0.717, 1.165) is 24.7 Å². The van der Waals surface area contributed by atoms with Crippen LogP contribution >= 0.6 is 24.0 Å². The molecule has 3 rings (SSSR count). The van der Waals surface area contributed by atoms with E-state index >= 15 is 0 Å². The summed E-state index contributed by atoms with van der Waals surface area (Å²) in [6.45, 7) is 1.63. The van der Waals surface area contributed by atoms with Gasteiger partial charge in [0.05, 0.1) is 6.54 Å². The van der Waals surface area contributed by atoms with Crippen molar-refractivity contribution in [1.29, 1.82) is 0 Å². The number of nitrogens with one attached hydrogen (secondary N) is 2. The molecule has 1 fully saturated rings. The molecule has 0 spiro atoms. The van der Waals surface area contributed by atoms with Gasteiger partial charge < -0.3 is 15.2 Å². The molecule has 0 atom stereocenters. The van der Waals surface area contributed by atoms with E-state index in [1.807, 2.05) is 12.4 Å². The number of halogens is 1. The van der Waals surface area contributed by atoms with E-state index in [-0.39, 0.29) is 24.0 Å². The molecule has 1 aromatic carbocycles. The molecule has 1 saturated carbocycles. The van der Waals surface area contributed by atoms with E-state index in [0.29, 0.717) is 12.6 Å². The first-order valence-electron chi connectivity index (χ1n) is 7.86. The summed E-state index contributed by atoms with van der Waals surface area (Å²) in [6, 6.07) is 11.1. The lowest BCUT2D eigenvalue weighted by atomic mass is 10.1. The maximum absolute atomic E-state index is 4.45. The fourth-order valence-corrected chi connectivity index (χ4v) is 2.38. The van der Waals surface area contributed by atoms with E-state index < -0.39 is 0 Å². The highest BCUT2D eigenvalue weighted by molar-refractivity contribution is 14.0. The van der Waals surface area contributed by atoms with Crippen LogP contribution in [0.15, 0.2) is 47.7 Å². The monoisotopic (exact) mass is 425 g/mol. The Morgan fingerprint density at radius 1 is 1.30 bits per heavy atom. The molecule has 1 heterocycles. The van der Waals surface area contributed by atoms with Gasteiger partial charge in [0, 0.05) is 32.0 Å². The smallest absolute Gasteiger partial charge is 0.191 e. The van der Waals surface area contributed by atoms with Crippen molar-refractivity contribution in [3.8, 4) is 0 Å². The number of rotatable bonds is 6. The first-order valence-corrected chi connectivity index (χ1v) is 7.86. The molecule has 1 aliphatic rings. The number of guanidine groups is 1. The molecule has 0 amide bonds. The van der Waals surface area contributed by atoms with Gasteiger partial charge in [0.25, 0.3) is 0 Å². The van der Waals surface area contributed by atoms with Crippen molar-refractivity contribution >= 4 is 29.9 Å². The van der Waals surface area contributed by atoms with Gasteiger partial charge in [-0.1, -0.05) is 30.3 Å². The molecule has 6 heteroatoms. The Morgan fingerprint density at radius 2 is 2.09 bits per heavy atom. The Kier molecular flexibility index (Phi) is 6.88. The molecule has 0 radical (unpaired) electrons. The van der Waals surface area contributed by atoms with Gasteiger partial charge in [0.15, 0.2) is 5.96 Å². The molecule has 0 bridgehead atoms. The lowest BCUT2D eigenvalue weighted by molar-refractivity contribution is 0.634. The number of benzene rings is 1. The topological polar surface area (TPSA) is 54.2 Å². The van der Waals surface area contributed by atoms with Crippen LogP contribution in [0.3, 0.4) is 0 Å². The van der Waals surface area contributed by atoms with E-state index in [1.54, 1.807) is 7.05 Å². The van der Waals surface area contributed by atoms with Crippen molar-refractivity contribution in [2.75, 3.05) is 7.05 Å². The van der Waals surface area contributed by atoms with Gasteiger partial charge in [-0.2, -0.15) is 0 Å². The van der Waals surface area contributed by atoms with Crippen molar-refractivity contribution in [3.05, 3.63) is 54.1 Å². The Balaban J connectivity index is 0.00000192. The molecule has 124 valence electrons. The minimum atomic E-state index is 0. The standard InChI is InChI=1S/C17H23N5.HI/c1-18-17(21-15-7-8-15)20-13-16-19-10-12-22(16)11-9-14-5-3-2-4-6-14;/h2-6,10,12,15H,7-9,11,13H2,1H3,(H2,18,20,21);1H. The van der Waals surface area contributed by atoms with Crippen LogP contribution < -0.4 is 10.6 Å². The molecule has 0 aliphatic heterocycles. The lowest BCUT2D eigenvalue weighted by Crippen LogP contribution is -2.38. The Bertz CT molecular complexity index is 619. The van der Waals surface area contributed by atoms with Crippen LogP contribution in [0.25, 0.3) is 0 Å². The normalized spacial score (nSPS) is 14.2. The summed E-state index contributed by atoms with van der Waals surface area (Å²) in [5, 5.41) is 6.72. The predicted octanol–water partition coefficient (Wildman–Crippen LogP) is 2.57. The number of aliphatic imine (C=N–C) groups is 1. The van der Waals surface area contributed by atoms with Gasteiger partial charge in [-0.15, -0.1) is 24.0 Å². The fourth-order valence-electron chi connectivity index (χ4n) is 2.38. The van der Waals surface area contributed by atoms with Crippen molar-refractivity contribution in [3.63, 3.8) is 0 Å². The number of nitrogens with zero attached hydrogens (tertiary/aromatic N) is 3. The maximum atomic E-state index is 4.45. The molecule has 1 aromatic heterocycles. The minimum Gasteiger partial charge on any atom is -0.354 e. The van der Waals surface area contributed by atoms with Gasteiger partial charge in [-0.25, -0.2) is 4.98 Å². The van der Waals surface area contributed by atoms with Crippen LogP contribution in [0.1, 0.15) is 24.2 Å². The second-order valence-corrected chi connectivity index (χ2v) is 5.62. The summed E-state index contributed by atoms with van der Waals surface area (Å²) in [7, 11) is 1.81. The third-order valence-corrected chi connectivity index (χ3v) is 3.84. The van der Waals surface area contributed by atoms with E-state index in [9.17, 15) is 0 Å². The molecule has 5 nitrogen and oxygen atoms in total. The summed E-state index contributed by atoms with van der Waals surface area (Å²) in [5.41, 5.74) is 1.35. The van der Waals surface area contributed by atoms with Gasteiger partial charge >= 0.3 is 0 Å². The van der Waals surface area contributed by atoms with Gasteiger partial charge in [-0.3, -0.25) is 4.99 Å². The maximum Gasteiger partial charge on any atom is 0.191 e. The van der Waals surface area contributed by atoms with Crippen LogP contribution in [0.2, 0.25) is 0 Å². The second kappa shape index (κ2) is 8.90. The van der Waals surface area contributed by atoms with Gasteiger partial charge in [0.2, 0.25) is 0 Å². The predicted molar refractivity (Wildman–Crippen MR) is 104 cm³/mol. The second-order valence-electron chi connectivity index (χ2n) is 5.62. The highest BCUT2D eigenvalue weighted by Gasteiger charge is 2.22. The van der Waals surface area contributed by atoms with Crippen molar-refractivity contribution < 1.29 is 0 Å². The average molecular weight is 425 g/mol.